The zero-order valence-electron chi connectivity index (χ0n) is 19.9. The largest absolute Gasteiger partial charge is 0.496 e. The molecule has 0 saturated carbocycles. The molecule has 0 saturated heterocycles. The molecule has 1 aromatic heterocycles. The monoisotopic (exact) mass is 507 g/mol. The Kier molecular flexibility index (Phi) is 6.71. The number of nitrogens with one attached hydrogen (secondary N) is 2. The summed E-state index contributed by atoms with van der Waals surface area (Å²) in [6.07, 6.45) is 1.25. The van der Waals surface area contributed by atoms with Crippen LogP contribution in [0, 0.1) is 6.92 Å². The highest BCUT2D eigenvalue weighted by molar-refractivity contribution is 7.90. The Labute approximate surface area is 208 Å². The van der Waals surface area contributed by atoms with Crippen LogP contribution in [0.15, 0.2) is 71.8 Å². The van der Waals surface area contributed by atoms with E-state index in [1.807, 2.05) is 23.9 Å². The molecule has 3 N–H and O–H groups in total. The molecule has 1 heterocycles. The van der Waals surface area contributed by atoms with Crippen molar-refractivity contribution >= 4 is 38.6 Å². The lowest BCUT2D eigenvalue weighted by Crippen LogP contribution is -2.31. The van der Waals surface area contributed by atoms with Gasteiger partial charge in [-0.25, -0.2) is 17.9 Å². The Hall–Kier alpha value is -4.31. The Morgan fingerprint density at radius 1 is 1.03 bits per heavy atom. The van der Waals surface area contributed by atoms with Gasteiger partial charge in [0, 0.05) is 41.8 Å². The molecule has 0 aliphatic carbocycles. The maximum Gasteiger partial charge on any atom is 0.409 e. The lowest BCUT2D eigenvalue weighted by atomic mass is 10.0. The van der Waals surface area contributed by atoms with Gasteiger partial charge in [-0.3, -0.25) is 10.1 Å². The lowest BCUT2D eigenvalue weighted by Gasteiger charge is -2.12. The molecule has 9 nitrogen and oxygen atoms in total. The Bertz CT molecular complexity index is 1590. The molecule has 4 aromatic rings. The third kappa shape index (κ3) is 5.03. The van der Waals surface area contributed by atoms with Gasteiger partial charge in [-0.05, 0) is 60.0 Å². The minimum Gasteiger partial charge on any atom is -0.496 e. The van der Waals surface area contributed by atoms with Crippen LogP contribution in [-0.4, -0.2) is 37.2 Å². The number of carboxylic acid groups (broad SMARTS) is 1. The van der Waals surface area contributed by atoms with E-state index in [9.17, 15) is 18.0 Å². The van der Waals surface area contributed by atoms with Crippen LogP contribution in [0.25, 0.3) is 10.9 Å². The summed E-state index contributed by atoms with van der Waals surface area (Å²) in [5.41, 5.74) is 3.76. The van der Waals surface area contributed by atoms with Crippen LogP contribution in [0.3, 0.4) is 0 Å². The van der Waals surface area contributed by atoms with E-state index in [2.05, 4.69) is 10.0 Å². The number of methoxy groups -OCH3 is 1. The van der Waals surface area contributed by atoms with Crippen LogP contribution in [-0.2, 0) is 23.5 Å². The molecule has 10 heteroatoms. The number of fused-ring (bicyclic) bond motifs is 1. The first kappa shape index (κ1) is 24.8. The zero-order valence-corrected chi connectivity index (χ0v) is 20.7. The third-order valence-electron chi connectivity index (χ3n) is 5.86. The van der Waals surface area contributed by atoms with Crippen molar-refractivity contribution in [3.05, 3.63) is 89.1 Å². The van der Waals surface area contributed by atoms with Crippen LogP contribution in [0.5, 0.6) is 5.75 Å². The number of amides is 2. The number of benzene rings is 3. The van der Waals surface area contributed by atoms with Gasteiger partial charge < -0.3 is 14.4 Å². The number of carbonyl (C=O) groups excluding carboxylic acids is 1. The molecular formula is C26H25N3O6S. The fourth-order valence-electron chi connectivity index (χ4n) is 4.15. The van der Waals surface area contributed by atoms with Gasteiger partial charge in [0.1, 0.15) is 5.75 Å². The summed E-state index contributed by atoms with van der Waals surface area (Å²) < 4.78 is 35.0. The van der Waals surface area contributed by atoms with E-state index in [1.54, 1.807) is 49.4 Å². The minimum atomic E-state index is -4.04. The van der Waals surface area contributed by atoms with Crippen LogP contribution < -0.4 is 14.8 Å². The summed E-state index contributed by atoms with van der Waals surface area (Å²) in [4.78, 5) is 23.9. The van der Waals surface area contributed by atoms with Crippen molar-refractivity contribution in [1.29, 1.82) is 0 Å². The number of aromatic nitrogens is 1. The number of sulfonamides is 1. The highest BCUT2D eigenvalue weighted by atomic mass is 32.2. The van der Waals surface area contributed by atoms with Crippen molar-refractivity contribution in [2.75, 3.05) is 12.4 Å². The molecule has 0 unspecified atom stereocenters. The highest BCUT2D eigenvalue weighted by Crippen LogP contribution is 2.30. The van der Waals surface area contributed by atoms with Crippen LogP contribution in [0.4, 0.5) is 10.5 Å². The van der Waals surface area contributed by atoms with Gasteiger partial charge in [0.15, 0.2) is 0 Å². The molecule has 3 aromatic carbocycles. The van der Waals surface area contributed by atoms with Crippen LogP contribution >= 0.6 is 0 Å². The average molecular weight is 508 g/mol. The summed E-state index contributed by atoms with van der Waals surface area (Å²) in [5.74, 6) is -0.342. The maximum absolute atomic E-state index is 12.8. The molecular weight excluding hydrogens is 482 g/mol. The Morgan fingerprint density at radius 3 is 2.47 bits per heavy atom. The number of ether oxygens (including phenoxy) is 1. The molecule has 4 rings (SSSR count). The van der Waals surface area contributed by atoms with Crippen molar-refractivity contribution in [3.8, 4) is 5.75 Å². The van der Waals surface area contributed by atoms with Crippen molar-refractivity contribution in [2.45, 2.75) is 18.2 Å². The summed E-state index contributed by atoms with van der Waals surface area (Å²) >= 11 is 0. The van der Waals surface area contributed by atoms with Crippen molar-refractivity contribution < 1.29 is 27.9 Å². The molecule has 2 amide bonds. The van der Waals surface area contributed by atoms with Gasteiger partial charge in [0.25, 0.3) is 15.9 Å². The summed E-state index contributed by atoms with van der Waals surface area (Å²) in [7, 11) is -0.668. The smallest absolute Gasteiger partial charge is 0.409 e. The molecule has 36 heavy (non-hydrogen) atoms. The molecule has 0 atom stereocenters. The first-order valence-electron chi connectivity index (χ1n) is 11.0. The van der Waals surface area contributed by atoms with E-state index in [0.717, 1.165) is 22.0 Å². The number of rotatable bonds is 7. The third-order valence-corrected chi connectivity index (χ3v) is 7.35. The predicted molar refractivity (Wildman–Crippen MR) is 136 cm³/mol. The van der Waals surface area contributed by atoms with Crippen molar-refractivity contribution in [3.63, 3.8) is 0 Å². The van der Waals surface area contributed by atoms with Crippen molar-refractivity contribution in [1.82, 2.24) is 9.29 Å². The van der Waals surface area contributed by atoms with E-state index in [0.29, 0.717) is 23.4 Å². The second-order valence-electron chi connectivity index (χ2n) is 8.33. The quantitative estimate of drug-likeness (QED) is 0.342. The van der Waals surface area contributed by atoms with Gasteiger partial charge >= 0.3 is 6.09 Å². The number of hydrogen-bond donors (Lipinski definition) is 3. The van der Waals surface area contributed by atoms with Gasteiger partial charge in [0.05, 0.1) is 12.0 Å². The summed E-state index contributed by atoms with van der Waals surface area (Å²) in [6, 6.07) is 16.5. The number of anilines is 1. The normalized spacial score (nSPS) is 11.3. The standard InChI is InChI=1S/C26H25N3O6S/c1-16-6-4-5-7-24(16)36(33,34)28-25(30)18-9-8-17(23(13-18)35-3)12-19-15-29(2)22-11-10-20(14-21(19)22)27-26(31)32/h4-11,13-15,27H,12H2,1-3H3,(H,28,30)(H,31,32). The van der Waals surface area contributed by atoms with Gasteiger partial charge in [0.2, 0.25) is 0 Å². The summed E-state index contributed by atoms with van der Waals surface area (Å²) in [5, 5.41) is 12.3. The van der Waals surface area contributed by atoms with E-state index in [1.165, 1.54) is 19.2 Å². The van der Waals surface area contributed by atoms with E-state index in [4.69, 9.17) is 9.84 Å². The van der Waals surface area contributed by atoms with Crippen LogP contribution in [0.1, 0.15) is 27.0 Å². The van der Waals surface area contributed by atoms with E-state index in [-0.39, 0.29) is 10.5 Å². The Balaban J connectivity index is 1.62. The fourth-order valence-corrected chi connectivity index (χ4v) is 5.37. The fraction of sp³-hybridized carbons (Fsp3) is 0.154. The zero-order chi connectivity index (χ0) is 26.0. The van der Waals surface area contributed by atoms with Crippen LogP contribution in [0.2, 0.25) is 0 Å². The number of carbonyl (C=O) groups is 2. The SMILES string of the molecule is COc1cc(C(=O)NS(=O)(=O)c2ccccc2C)ccc1Cc1cn(C)c2ccc(NC(=O)O)cc12. The Morgan fingerprint density at radius 2 is 1.78 bits per heavy atom. The van der Waals surface area contributed by atoms with Crippen molar-refractivity contribution in [2.24, 2.45) is 7.05 Å². The molecule has 0 bridgehead atoms. The molecule has 0 spiro atoms. The highest BCUT2D eigenvalue weighted by Gasteiger charge is 2.21. The molecule has 0 fully saturated rings. The van der Waals surface area contributed by atoms with Gasteiger partial charge in [-0.2, -0.15) is 0 Å². The molecule has 0 aliphatic rings. The summed E-state index contributed by atoms with van der Waals surface area (Å²) in [6.45, 7) is 1.66. The second-order valence-corrected chi connectivity index (χ2v) is 9.98. The van der Waals surface area contributed by atoms with Gasteiger partial charge in [-0.15, -0.1) is 0 Å². The molecule has 186 valence electrons. The number of aryl methyl sites for hydroxylation is 2. The number of nitrogens with zero attached hydrogens (tertiary/aromatic N) is 1. The van der Waals surface area contributed by atoms with E-state index >= 15 is 0 Å². The minimum absolute atomic E-state index is 0.0367. The lowest BCUT2D eigenvalue weighted by molar-refractivity contribution is 0.0981. The first-order valence-corrected chi connectivity index (χ1v) is 12.4. The molecule has 0 radical (unpaired) electrons. The van der Waals surface area contributed by atoms with Gasteiger partial charge in [-0.1, -0.05) is 24.3 Å². The predicted octanol–water partition coefficient (Wildman–Crippen LogP) is 4.29. The van der Waals surface area contributed by atoms with E-state index < -0.39 is 22.0 Å². The average Bonchev–Trinajstić information content (AvgIpc) is 3.13. The maximum atomic E-state index is 12.8. The second kappa shape index (κ2) is 9.74. The number of hydrogen-bond acceptors (Lipinski definition) is 5. The molecule has 0 aliphatic heterocycles. The first-order chi connectivity index (χ1) is 17.1. The topological polar surface area (TPSA) is 127 Å².